The van der Waals surface area contributed by atoms with E-state index in [1.54, 1.807) is 17.2 Å². The van der Waals surface area contributed by atoms with E-state index in [1.165, 1.54) is 18.0 Å². The molecule has 3 atom stereocenters. The third kappa shape index (κ3) is 9.05. The first-order chi connectivity index (χ1) is 20.7. The van der Waals surface area contributed by atoms with Crippen molar-refractivity contribution in [2.75, 3.05) is 40.3 Å². The zero-order valence-electron chi connectivity index (χ0n) is 25.1. The van der Waals surface area contributed by atoms with Gasteiger partial charge in [-0.25, -0.2) is 14.2 Å². The molecule has 232 valence electrons. The van der Waals surface area contributed by atoms with Gasteiger partial charge in [-0.15, -0.1) is 0 Å². The summed E-state index contributed by atoms with van der Waals surface area (Å²) in [6, 6.07) is 2.58. The molecule has 0 aromatic carbocycles. The van der Waals surface area contributed by atoms with Gasteiger partial charge in [-0.1, -0.05) is 6.92 Å². The lowest BCUT2D eigenvalue weighted by Gasteiger charge is -2.34. The summed E-state index contributed by atoms with van der Waals surface area (Å²) in [7, 11) is 3.15. The van der Waals surface area contributed by atoms with Crippen molar-refractivity contribution in [3.63, 3.8) is 0 Å². The summed E-state index contributed by atoms with van der Waals surface area (Å²) in [5, 5.41) is 15.1. The minimum atomic E-state index is -0.722. The van der Waals surface area contributed by atoms with E-state index in [9.17, 15) is 19.2 Å². The van der Waals surface area contributed by atoms with E-state index < -0.39 is 18.0 Å². The molecule has 3 heterocycles. The molecule has 1 unspecified atom stereocenters. The van der Waals surface area contributed by atoms with Crippen LogP contribution in [-0.2, 0) is 19.1 Å². The molecule has 1 aliphatic rings. The van der Waals surface area contributed by atoms with Gasteiger partial charge >= 0.3 is 17.8 Å². The number of nitriles is 1. The van der Waals surface area contributed by atoms with Crippen molar-refractivity contribution < 1.29 is 28.5 Å². The number of esters is 1. The van der Waals surface area contributed by atoms with Crippen LogP contribution in [0.4, 0.5) is 10.6 Å². The van der Waals surface area contributed by atoms with E-state index in [0.29, 0.717) is 61.7 Å². The number of methoxy groups -OCH3 is 1. The number of hydrogen-bond acceptors (Lipinski definition) is 9. The van der Waals surface area contributed by atoms with Crippen molar-refractivity contribution in [3.8, 4) is 6.07 Å². The summed E-state index contributed by atoms with van der Waals surface area (Å²) in [6.45, 7) is 4.06. The first-order valence-electron chi connectivity index (χ1n) is 14.6. The molecule has 14 heteroatoms. The van der Waals surface area contributed by atoms with Gasteiger partial charge in [-0.3, -0.25) is 14.2 Å². The summed E-state index contributed by atoms with van der Waals surface area (Å²) in [6.07, 6.45) is 8.15. The molecule has 4 N–H and O–H groups in total. The number of nitrogens with zero attached hydrogens (tertiary/aromatic N) is 6. The average molecular weight is 597 g/mol. The highest BCUT2D eigenvalue weighted by atomic mass is 16.5. The van der Waals surface area contributed by atoms with Crippen LogP contribution >= 0.6 is 0 Å². The Morgan fingerprint density at radius 2 is 2.07 bits per heavy atom. The Balaban J connectivity index is 1.59. The van der Waals surface area contributed by atoms with Crippen LogP contribution in [0, 0.1) is 23.2 Å². The molecule has 1 aliphatic heterocycles. The highest BCUT2D eigenvalue weighted by Gasteiger charge is 2.30. The maximum atomic E-state index is 12.9. The van der Waals surface area contributed by atoms with Crippen LogP contribution in [0.3, 0.4) is 0 Å². The molecule has 2 aromatic rings. The van der Waals surface area contributed by atoms with Gasteiger partial charge in [0.15, 0.2) is 5.65 Å². The number of aromatic nitrogens is 3. The fourth-order valence-electron chi connectivity index (χ4n) is 5.12. The molecule has 1 fully saturated rings. The zero-order chi connectivity index (χ0) is 31.4. The SMILES string of the molecule is COC(=O)[C@H](CCCCN)NC(=O)CCCNC(=O)n1ccc2c([N+](C)=CC3CN(C(=O)CC#N)CC[C@H]3C)ncnc21. The Hall–Kier alpha value is -4.38. The topological polar surface area (TPSA) is 188 Å². The van der Waals surface area contributed by atoms with E-state index in [2.05, 4.69) is 27.5 Å². The molecule has 0 spiro atoms. The van der Waals surface area contributed by atoms with Crippen LogP contribution < -0.4 is 16.4 Å². The van der Waals surface area contributed by atoms with Crippen LogP contribution in [-0.4, -0.2) is 100 Å². The molecule has 3 rings (SSSR count). The van der Waals surface area contributed by atoms with Gasteiger partial charge in [-0.05, 0) is 55.6 Å². The number of hydrogen-bond donors (Lipinski definition) is 3. The molecule has 0 saturated carbocycles. The third-order valence-electron chi connectivity index (χ3n) is 7.65. The Morgan fingerprint density at radius 3 is 2.79 bits per heavy atom. The smallest absolute Gasteiger partial charge is 0.335 e. The van der Waals surface area contributed by atoms with E-state index in [4.69, 9.17) is 15.7 Å². The number of ether oxygens (including phenoxy) is 1. The molecule has 2 aromatic heterocycles. The monoisotopic (exact) mass is 596 g/mol. The summed E-state index contributed by atoms with van der Waals surface area (Å²) < 4.78 is 8.06. The summed E-state index contributed by atoms with van der Waals surface area (Å²) in [5.41, 5.74) is 5.94. The van der Waals surface area contributed by atoms with Crippen molar-refractivity contribution in [2.24, 2.45) is 17.6 Å². The first-order valence-corrected chi connectivity index (χ1v) is 14.6. The predicted octanol–water partition coefficient (Wildman–Crippen LogP) is 1.30. The van der Waals surface area contributed by atoms with Crippen LogP contribution in [0.5, 0.6) is 0 Å². The van der Waals surface area contributed by atoms with Gasteiger partial charge in [0.2, 0.25) is 18.1 Å². The Morgan fingerprint density at radius 1 is 1.28 bits per heavy atom. The lowest BCUT2D eigenvalue weighted by Crippen LogP contribution is -2.44. The van der Waals surface area contributed by atoms with Gasteiger partial charge in [0.25, 0.3) is 0 Å². The quantitative estimate of drug-likeness (QED) is 0.132. The zero-order valence-corrected chi connectivity index (χ0v) is 25.1. The normalized spacial score (nSPS) is 17.7. The van der Waals surface area contributed by atoms with Crippen LogP contribution in [0.15, 0.2) is 18.6 Å². The van der Waals surface area contributed by atoms with Gasteiger partial charge < -0.3 is 26.0 Å². The number of likely N-dealkylation sites (tertiary alicyclic amines) is 1. The largest absolute Gasteiger partial charge is 0.467 e. The number of piperidine rings is 1. The number of amides is 3. The molecule has 0 radical (unpaired) electrons. The number of fused-ring (bicyclic) bond motifs is 1. The molecule has 3 amide bonds. The summed E-state index contributed by atoms with van der Waals surface area (Å²) in [5.74, 6) is 0.0718. The number of carbonyl (C=O) groups excluding carboxylic acids is 4. The first kappa shape index (κ1) is 33.1. The Labute approximate surface area is 251 Å². The van der Waals surface area contributed by atoms with Gasteiger partial charge in [0.05, 0.1) is 26.4 Å². The van der Waals surface area contributed by atoms with E-state index in [-0.39, 0.29) is 37.1 Å². The van der Waals surface area contributed by atoms with Crippen LogP contribution in [0.1, 0.15) is 51.9 Å². The molecule has 43 heavy (non-hydrogen) atoms. The number of carbonyl (C=O) groups is 4. The Bertz CT molecular complexity index is 1370. The molecule has 14 nitrogen and oxygen atoms in total. The lowest BCUT2D eigenvalue weighted by atomic mass is 9.87. The number of nitrogens with two attached hydrogens (primary N) is 1. The van der Waals surface area contributed by atoms with Crippen LogP contribution in [0.25, 0.3) is 11.0 Å². The lowest BCUT2D eigenvalue weighted by molar-refractivity contribution is -0.405. The molecule has 0 bridgehead atoms. The average Bonchev–Trinajstić information content (AvgIpc) is 3.44. The van der Waals surface area contributed by atoms with Gasteiger partial charge in [-0.2, -0.15) is 10.2 Å². The maximum Gasteiger partial charge on any atom is 0.335 e. The fraction of sp³-hybridized carbons (Fsp3) is 0.586. The molecular formula is C29H42N9O5+. The number of nitrogens with one attached hydrogen (secondary N) is 2. The number of unbranched alkanes of at least 4 members (excludes halogenated alkanes) is 1. The molecular weight excluding hydrogens is 554 g/mol. The van der Waals surface area contributed by atoms with E-state index in [1.807, 2.05) is 23.9 Å². The number of rotatable bonds is 13. The van der Waals surface area contributed by atoms with E-state index >= 15 is 0 Å². The minimum absolute atomic E-state index is 0.0721. The minimum Gasteiger partial charge on any atom is -0.467 e. The van der Waals surface area contributed by atoms with Crippen molar-refractivity contribution in [1.29, 1.82) is 5.26 Å². The standard InChI is InChI=1S/C29H41N9O5/c1-20-10-15-37(25(40)9-13-31)18-21(20)17-36(2)26-22-11-16-38(27(22)34-19-33-26)29(42)32-14-6-8-24(39)35-23(28(41)43-3)7-4-5-12-30/h11,16-17,19-21,23H,4-10,12,14-15,18,30H2,1-3H3,(H-,32,35,39,42)/p+1/t20-,21?,23+/m1/s1. The van der Waals surface area contributed by atoms with Gasteiger partial charge in [0, 0.05) is 38.2 Å². The predicted molar refractivity (Wildman–Crippen MR) is 158 cm³/mol. The second-order valence-electron chi connectivity index (χ2n) is 10.7. The van der Waals surface area contributed by atoms with Crippen molar-refractivity contribution in [3.05, 3.63) is 18.6 Å². The Kier molecular flexibility index (Phi) is 12.6. The third-order valence-corrected chi connectivity index (χ3v) is 7.65. The van der Waals surface area contributed by atoms with Crippen molar-refractivity contribution in [1.82, 2.24) is 30.1 Å². The molecule has 0 aliphatic carbocycles. The highest BCUT2D eigenvalue weighted by Crippen LogP contribution is 2.25. The van der Waals surface area contributed by atoms with Gasteiger partial charge in [0.1, 0.15) is 17.8 Å². The molecule has 1 saturated heterocycles. The second-order valence-corrected chi connectivity index (χ2v) is 10.7. The highest BCUT2D eigenvalue weighted by molar-refractivity contribution is 5.93. The van der Waals surface area contributed by atoms with Crippen molar-refractivity contribution in [2.45, 2.75) is 57.9 Å². The second kappa shape index (κ2) is 16.3. The summed E-state index contributed by atoms with van der Waals surface area (Å²) in [4.78, 5) is 60.1. The summed E-state index contributed by atoms with van der Waals surface area (Å²) >= 11 is 0. The maximum absolute atomic E-state index is 12.9. The van der Waals surface area contributed by atoms with Crippen LogP contribution in [0.2, 0.25) is 0 Å². The van der Waals surface area contributed by atoms with E-state index in [0.717, 1.165) is 12.8 Å². The fourth-order valence-corrected chi connectivity index (χ4v) is 5.12. The van der Waals surface area contributed by atoms with Crippen molar-refractivity contribution >= 4 is 46.9 Å².